The summed E-state index contributed by atoms with van der Waals surface area (Å²) in [6.45, 7) is 2.09. The summed E-state index contributed by atoms with van der Waals surface area (Å²) >= 11 is 0. The molecular weight excluding hydrogens is 307 g/mol. The highest BCUT2D eigenvalue weighted by Crippen LogP contribution is 2.40. The van der Waals surface area contributed by atoms with Crippen LogP contribution in [0.4, 0.5) is 13.2 Å². The number of hydrogen-bond acceptors (Lipinski definition) is 2. The van der Waals surface area contributed by atoms with Crippen molar-refractivity contribution in [3.8, 4) is 0 Å². The molecule has 1 aliphatic rings. The van der Waals surface area contributed by atoms with E-state index in [1.807, 2.05) is 0 Å². The summed E-state index contributed by atoms with van der Waals surface area (Å²) in [7, 11) is 3.40. The number of aliphatic imine (C=N–C) groups is 1. The summed E-state index contributed by atoms with van der Waals surface area (Å²) in [5, 5.41) is 6.42. The van der Waals surface area contributed by atoms with Gasteiger partial charge >= 0.3 is 6.18 Å². The molecule has 1 fully saturated rings. The highest BCUT2D eigenvalue weighted by molar-refractivity contribution is 5.79. The van der Waals surface area contributed by atoms with Crippen molar-refractivity contribution in [1.29, 1.82) is 0 Å². The van der Waals surface area contributed by atoms with E-state index < -0.39 is 12.6 Å². The lowest BCUT2D eigenvalue weighted by Gasteiger charge is -2.30. The summed E-state index contributed by atoms with van der Waals surface area (Å²) < 4.78 is 41.5. The predicted octanol–water partition coefficient (Wildman–Crippen LogP) is 3.48. The fourth-order valence-electron chi connectivity index (χ4n) is 3.11. The molecule has 1 aliphatic carbocycles. The molecule has 0 amide bonds. The Balaban J connectivity index is 2.27. The first-order valence-corrected chi connectivity index (χ1v) is 8.41. The molecule has 0 radical (unpaired) electrons. The molecule has 0 heterocycles. The first-order chi connectivity index (χ1) is 10.9. The summed E-state index contributed by atoms with van der Waals surface area (Å²) in [5.74, 6) is 0.667. The van der Waals surface area contributed by atoms with Crippen LogP contribution in [0.5, 0.6) is 0 Å². The van der Waals surface area contributed by atoms with Crippen molar-refractivity contribution < 1.29 is 17.9 Å². The number of unbranched alkanes of at least 4 members (excludes halogenated alkanes) is 1. The number of guanidine groups is 1. The first kappa shape index (κ1) is 20.1. The van der Waals surface area contributed by atoms with E-state index in [0.717, 1.165) is 19.6 Å². The van der Waals surface area contributed by atoms with Crippen LogP contribution in [0.1, 0.15) is 51.4 Å². The van der Waals surface area contributed by atoms with Gasteiger partial charge in [-0.05, 0) is 37.5 Å². The smallest absolute Gasteiger partial charge is 0.385 e. The van der Waals surface area contributed by atoms with Crippen LogP contribution in [-0.2, 0) is 4.74 Å². The number of halogens is 3. The predicted molar refractivity (Wildman–Crippen MR) is 86.7 cm³/mol. The van der Waals surface area contributed by atoms with Crippen LogP contribution >= 0.6 is 0 Å². The van der Waals surface area contributed by atoms with Crippen LogP contribution in [0, 0.1) is 5.41 Å². The zero-order valence-electron chi connectivity index (χ0n) is 14.3. The molecule has 136 valence electrons. The lowest BCUT2D eigenvalue weighted by molar-refractivity contribution is -0.135. The van der Waals surface area contributed by atoms with Gasteiger partial charge in [0.1, 0.15) is 0 Å². The van der Waals surface area contributed by atoms with Crippen LogP contribution in [0.3, 0.4) is 0 Å². The Morgan fingerprint density at radius 1 is 1.17 bits per heavy atom. The second-order valence-corrected chi connectivity index (χ2v) is 6.37. The molecule has 0 aromatic rings. The maximum Gasteiger partial charge on any atom is 0.389 e. The van der Waals surface area contributed by atoms with Gasteiger partial charge in [0.05, 0.1) is 0 Å². The third-order valence-corrected chi connectivity index (χ3v) is 4.53. The van der Waals surface area contributed by atoms with Gasteiger partial charge in [0.2, 0.25) is 0 Å². The van der Waals surface area contributed by atoms with E-state index in [2.05, 4.69) is 15.6 Å². The first-order valence-electron chi connectivity index (χ1n) is 8.41. The molecule has 0 atom stereocenters. The Kier molecular flexibility index (Phi) is 8.73. The third kappa shape index (κ3) is 8.44. The second kappa shape index (κ2) is 10.0. The van der Waals surface area contributed by atoms with E-state index >= 15 is 0 Å². The van der Waals surface area contributed by atoms with E-state index in [0.29, 0.717) is 18.9 Å². The van der Waals surface area contributed by atoms with E-state index in [1.165, 1.54) is 25.7 Å². The van der Waals surface area contributed by atoms with Crippen molar-refractivity contribution in [3.05, 3.63) is 0 Å². The molecule has 0 bridgehead atoms. The van der Waals surface area contributed by atoms with Crippen molar-refractivity contribution in [1.82, 2.24) is 10.6 Å². The standard InChI is InChI=1S/C16H30F3N3O/c1-20-14(21-11-6-5-9-16(17,18)19)22-13-15(10-12-23-2)7-3-4-8-15/h3-13H2,1-2H3,(H2,20,21,22). The Morgan fingerprint density at radius 3 is 2.43 bits per heavy atom. The summed E-state index contributed by atoms with van der Waals surface area (Å²) in [4.78, 5) is 4.15. The SMILES string of the molecule is CN=C(NCCCCC(F)(F)F)NCC1(CCOC)CCCC1. The normalized spacial score (nSPS) is 18.2. The minimum Gasteiger partial charge on any atom is -0.385 e. The number of methoxy groups -OCH3 is 1. The average molecular weight is 337 g/mol. The van der Waals surface area contributed by atoms with Gasteiger partial charge in [-0.3, -0.25) is 4.99 Å². The van der Waals surface area contributed by atoms with Crippen LogP contribution in [-0.4, -0.2) is 46.0 Å². The number of nitrogens with one attached hydrogen (secondary N) is 2. The molecule has 0 saturated heterocycles. The van der Waals surface area contributed by atoms with E-state index in [-0.39, 0.29) is 11.8 Å². The lowest BCUT2D eigenvalue weighted by Crippen LogP contribution is -2.43. The van der Waals surface area contributed by atoms with Gasteiger partial charge in [-0.2, -0.15) is 13.2 Å². The highest BCUT2D eigenvalue weighted by atomic mass is 19.4. The molecule has 4 nitrogen and oxygen atoms in total. The number of nitrogens with zero attached hydrogens (tertiary/aromatic N) is 1. The quantitative estimate of drug-likeness (QED) is 0.385. The Labute approximate surface area is 137 Å². The van der Waals surface area contributed by atoms with Crippen molar-refractivity contribution in [2.75, 3.05) is 33.9 Å². The number of hydrogen-bond donors (Lipinski definition) is 2. The fraction of sp³-hybridized carbons (Fsp3) is 0.938. The van der Waals surface area contributed by atoms with Crippen LogP contribution < -0.4 is 10.6 Å². The topological polar surface area (TPSA) is 45.7 Å². The maximum absolute atomic E-state index is 12.1. The van der Waals surface area contributed by atoms with Crippen LogP contribution in [0.25, 0.3) is 0 Å². The van der Waals surface area contributed by atoms with Crippen LogP contribution in [0.2, 0.25) is 0 Å². The molecular formula is C16H30F3N3O. The van der Waals surface area contributed by atoms with Crippen LogP contribution in [0.15, 0.2) is 4.99 Å². The summed E-state index contributed by atoms with van der Waals surface area (Å²) in [5.41, 5.74) is 0.254. The molecule has 2 N–H and O–H groups in total. The maximum atomic E-state index is 12.1. The highest BCUT2D eigenvalue weighted by Gasteiger charge is 2.33. The van der Waals surface area contributed by atoms with Crippen molar-refractivity contribution in [2.45, 2.75) is 57.5 Å². The van der Waals surface area contributed by atoms with E-state index in [1.54, 1.807) is 14.2 Å². The van der Waals surface area contributed by atoms with Gasteiger partial charge in [-0.1, -0.05) is 12.8 Å². The summed E-state index contributed by atoms with van der Waals surface area (Å²) in [6.07, 6.45) is 1.73. The minimum absolute atomic E-state index is 0.144. The lowest BCUT2D eigenvalue weighted by atomic mass is 9.83. The molecule has 1 saturated carbocycles. The fourth-order valence-corrected chi connectivity index (χ4v) is 3.11. The number of ether oxygens (including phenoxy) is 1. The Hall–Kier alpha value is -0.980. The molecule has 0 unspecified atom stereocenters. The van der Waals surface area contributed by atoms with Crippen molar-refractivity contribution >= 4 is 5.96 Å². The van der Waals surface area contributed by atoms with Crippen molar-refractivity contribution in [2.24, 2.45) is 10.4 Å². The number of rotatable bonds is 9. The molecule has 7 heteroatoms. The van der Waals surface area contributed by atoms with Gasteiger partial charge < -0.3 is 15.4 Å². The van der Waals surface area contributed by atoms with Gasteiger partial charge in [-0.15, -0.1) is 0 Å². The molecule has 0 aromatic heterocycles. The minimum atomic E-state index is -4.06. The average Bonchev–Trinajstić information content (AvgIpc) is 2.96. The van der Waals surface area contributed by atoms with Gasteiger partial charge in [0.25, 0.3) is 0 Å². The second-order valence-electron chi connectivity index (χ2n) is 6.37. The van der Waals surface area contributed by atoms with E-state index in [4.69, 9.17) is 4.74 Å². The molecule has 0 aromatic carbocycles. The zero-order valence-corrected chi connectivity index (χ0v) is 14.3. The number of alkyl halides is 3. The Bertz CT molecular complexity index is 353. The zero-order chi connectivity index (χ0) is 17.2. The monoisotopic (exact) mass is 337 g/mol. The van der Waals surface area contributed by atoms with Gasteiger partial charge in [0, 0.05) is 40.3 Å². The van der Waals surface area contributed by atoms with Gasteiger partial charge in [-0.25, -0.2) is 0 Å². The van der Waals surface area contributed by atoms with E-state index in [9.17, 15) is 13.2 Å². The molecule has 0 spiro atoms. The molecule has 23 heavy (non-hydrogen) atoms. The van der Waals surface area contributed by atoms with Crippen molar-refractivity contribution in [3.63, 3.8) is 0 Å². The largest absolute Gasteiger partial charge is 0.389 e. The summed E-state index contributed by atoms with van der Waals surface area (Å²) in [6, 6.07) is 0. The molecule has 0 aliphatic heterocycles. The third-order valence-electron chi connectivity index (χ3n) is 4.53. The van der Waals surface area contributed by atoms with Gasteiger partial charge in [0.15, 0.2) is 5.96 Å². The Morgan fingerprint density at radius 2 is 1.87 bits per heavy atom. The molecule has 1 rings (SSSR count).